The Balaban J connectivity index is 1.87. The van der Waals surface area contributed by atoms with Gasteiger partial charge in [-0.15, -0.1) is 0 Å². The van der Waals surface area contributed by atoms with Crippen molar-refractivity contribution in [2.24, 2.45) is 0 Å². The van der Waals surface area contributed by atoms with Crippen molar-refractivity contribution in [3.8, 4) is 0 Å². The summed E-state index contributed by atoms with van der Waals surface area (Å²) >= 11 is 0. The Kier molecular flexibility index (Phi) is 6.24. The van der Waals surface area contributed by atoms with Gasteiger partial charge in [0.15, 0.2) is 6.54 Å². The van der Waals surface area contributed by atoms with Crippen molar-refractivity contribution in [1.82, 2.24) is 0 Å². The summed E-state index contributed by atoms with van der Waals surface area (Å²) < 4.78 is 0. The molecular formula is C18H29N2O+. The molecule has 1 aromatic rings. The molecule has 3 heteroatoms. The van der Waals surface area contributed by atoms with Crippen LogP contribution in [0.3, 0.4) is 0 Å². The zero-order valence-electron chi connectivity index (χ0n) is 13.5. The third-order valence-electron chi connectivity index (χ3n) is 4.54. The molecule has 1 aliphatic carbocycles. The number of nitrogens with one attached hydrogen (secondary N) is 1. The number of hydrogen-bond donors (Lipinski definition) is 2. The molecule has 0 unspecified atom stereocenters. The summed E-state index contributed by atoms with van der Waals surface area (Å²) in [4.78, 5) is 12.2. The summed E-state index contributed by atoms with van der Waals surface area (Å²) in [6.45, 7) is 4.73. The van der Waals surface area contributed by atoms with Crippen LogP contribution in [-0.4, -0.2) is 18.5 Å². The maximum Gasteiger partial charge on any atom is 0.279 e. The van der Waals surface area contributed by atoms with Gasteiger partial charge in [0.1, 0.15) is 0 Å². The molecule has 21 heavy (non-hydrogen) atoms. The molecule has 116 valence electrons. The number of aryl methyl sites for hydroxylation is 2. The van der Waals surface area contributed by atoms with Crippen molar-refractivity contribution in [1.29, 1.82) is 0 Å². The number of benzene rings is 1. The largest absolute Gasteiger partial charge is 0.336 e. The normalized spacial score (nSPS) is 16.5. The highest BCUT2D eigenvalue weighted by molar-refractivity contribution is 5.93. The van der Waals surface area contributed by atoms with Gasteiger partial charge < -0.3 is 10.6 Å². The average Bonchev–Trinajstić information content (AvgIpc) is 2.76. The molecular weight excluding hydrogens is 260 g/mol. The highest BCUT2D eigenvalue weighted by Crippen LogP contribution is 2.20. The molecule has 1 fully saturated rings. The van der Waals surface area contributed by atoms with E-state index >= 15 is 0 Å². The first-order chi connectivity index (χ1) is 10.2. The fourth-order valence-electron chi connectivity index (χ4n) is 3.21. The second-order valence-corrected chi connectivity index (χ2v) is 6.20. The highest BCUT2D eigenvalue weighted by Gasteiger charge is 2.17. The van der Waals surface area contributed by atoms with Crippen LogP contribution in [0.4, 0.5) is 5.69 Å². The fourth-order valence-corrected chi connectivity index (χ4v) is 3.21. The molecule has 0 atom stereocenters. The number of nitrogens with two attached hydrogens (primary N) is 1. The topological polar surface area (TPSA) is 45.7 Å². The zero-order chi connectivity index (χ0) is 15.1. The maximum atomic E-state index is 12.2. The molecule has 1 saturated carbocycles. The molecule has 1 aliphatic rings. The molecule has 2 rings (SSSR count). The van der Waals surface area contributed by atoms with Crippen LogP contribution < -0.4 is 10.6 Å². The molecule has 0 radical (unpaired) electrons. The van der Waals surface area contributed by atoms with Crippen LogP contribution in [0.15, 0.2) is 18.2 Å². The Hall–Kier alpha value is -1.35. The van der Waals surface area contributed by atoms with Gasteiger partial charge in [-0.2, -0.15) is 0 Å². The lowest BCUT2D eigenvalue weighted by Gasteiger charge is -2.15. The lowest BCUT2D eigenvalue weighted by atomic mass is 10.1. The first-order valence-electron chi connectivity index (χ1n) is 8.42. The Morgan fingerprint density at radius 2 is 1.95 bits per heavy atom. The lowest BCUT2D eigenvalue weighted by Crippen LogP contribution is -2.91. The van der Waals surface area contributed by atoms with Crippen molar-refractivity contribution >= 4 is 11.6 Å². The van der Waals surface area contributed by atoms with Gasteiger partial charge in [-0.3, -0.25) is 4.79 Å². The molecule has 0 aliphatic heterocycles. The standard InChI is InChI=1S/C18H28N2O/c1-3-15-10-8-9-14(2)18(15)20-17(21)13-19-16-11-6-4-5-7-12-16/h8-10,16,19H,3-7,11-13H2,1-2H3,(H,20,21)/p+1. The van der Waals surface area contributed by atoms with E-state index in [0.29, 0.717) is 12.6 Å². The van der Waals surface area contributed by atoms with Crippen molar-refractivity contribution in [3.63, 3.8) is 0 Å². The first-order valence-corrected chi connectivity index (χ1v) is 8.42. The molecule has 0 heterocycles. The summed E-state index contributed by atoms with van der Waals surface area (Å²) in [6.07, 6.45) is 8.83. The highest BCUT2D eigenvalue weighted by atomic mass is 16.1. The molecule has 0 saturated heterocycles. The third-order valence-corrected chi connectivity index (χ3v) is 4.54. The van der Waals surface area contributed by atoms with Gasteiger partial charge in [0.25, 0.3) is 5.91 Å². The second kappa shape index (κ2) is 8.18. The van der Waals surface area contributed by atoms with Crippen LogP contribution in [0.25, 0.3) is 0 Å². The molecule has 0 aromatic heterocycles. The van der Waals surface area contributed by atoms with E-state index in [-0.39, 0.29) is 5.91 Å². The van der Waals surface area contributed by atoms with Crippen molar-refractivity contribution in [2.75, 3.05) is 11.9 Å². The van der Waals surface area contributed by atoms with E-state index in [9.17, 15) is 4.79 Å². The van der Waals surface area contributed by atoms with Crippen LogP contribution in [0.1, 0.15) is 56.6 Å². The number of anilines is 1. The van der Waals surface area contributed by atoms with Gasteiger partial charge >= 0.3 is 0 Å². The van der Waals surface area contributed by atoms with Crippen LogP contribution in [-0.2, 0) is 11.2 Å². The number of carbonyl (C=O) groups is 1. The van der Waals surface area contributed by atoms with E-state index in [0.717, 1.165) is 17.7 Å². The predicted molar refractivity (Wildman–Crippen MR) is 87.5 cm³/mol. The number of hydrogen-bond acceptors (Lipinski definition) is 1. The Bertz CT molecular complexity index is 462. The van der Waals surface area contributed by atoms with Crippen LogP contribution in [0.5, 0.6) is 0 Å². The molecule has 1 aromatic carbocycles. The van der Waals surface area contributed by atoms with E-state index in [1.54, 1.807) is 0 Å². The molecule has 0 bridgehead atoms. The van der Waals surface area contributed by atoms with Crippen molar-refractivity contribution in [3.05, 3.63) is 29.3 Å². The van der Waals surface area contributed by atoms with E-state index in [1.165, 1.54) is 44.1 Å². The molecule has 3 nitrogen and oxygen atoms in total. The minimum Gasteiger partial charge on any atom is -0.336 e. The van der Waals surface area contributed by atoms with E-state index in [4.69, 9.17) is 0 Å². The minimum atomic E-state index is 0.128. The van der Waals surface area contributed by atoms with Gasteiger partial charge in [0.2, 0.25) is 0 Å². The van der Waals surface area contributed by atoms with E-state index in [1.807, 2.05) is 0 Å². The molecule has 0 spiro atoms. The van der Waals surface area contributed by atoms with E-state index in [2.05, 4.69) is 42.7 Å². The SMILES string of the molecule is CCc1cccc(C)c1NC(=O)C[NH2+]C1CCCCCC1. The average molecular weight is 289 g/mol. The van der Waals surface area contributed by atoms with Gasteiger partial charge in [-0.1, -0.05) is 38.0 Å². The summed E-state index contributed by atoms with van der Waals surface area (Å²) in [5.41, 5.74) is 3.38. The van der Waals surface area contributed by atoms with Crippen LogP contribution in [0, 0.1) is 6.92 Å². The predicted octanol–water partition coefficient (Wildman–Crippen LogP) is 2.78. The van der Waals surface area contributed by atoms with Gasteiger partial charge in [0.05, 0.1) is 6.04 Å². The van der Waals surface area contributed by atoms with Crippen LogP contribution in [0.2, 0.25) is 0 Å². The summed E-state index contributed by atoms with van der Waals surface area (Å²) in [5.74, 6) is 0.128. The zero-order valence-corrected chi connectivity index (χ0v) is 13.5. The van der Waals surface area contributed by atoms with Gasteiger partial charge in [0, 0.05) is 5.69 Å². The summed E-state index contributed by atoms with van der Waals surface area (Å²) in [6, 6.07) is 6.85. The minimum absolute atomic E-state index is 0.128. The first kappa shape index (κ1) is 16.0. The van der Waals surface area contributed by atoms with Gasteiger partial charge in [-0.25, -0.2) is 0 Å². The van der Waals surface area contributed by atoms with Crippen LogP contribution >= 0.6 is 0 Å². The number of para-hydroxylation sites is 1. The van der Waals surface area contributed by atoms with Crippen molar-refractivity contribution in [2.45, 2.75) is 64.8 Å². The monoisotopic (exact) mass is 289 g/mol. The summed E-state index contributed by atoms with van der Waals surface area (Å²) in [5, 5.41) is 5.36. The number of amides is 1. The lowest BCUT2D eigenvalue weighted by molar-refractivity contribution is -0.680. The number of carbonyl (C=O) groups excluding carboxylic acids is 1. The Labute approximate surface area is 128 Å². The summed E-state index contributed by atoms with van der Waals surface area (Å²) in [7, 11) is 0. The molecule has 1 amide bonds. The Morgan fingerprint density at radius 1 is 1.24 bits per heavy atom. The fraction of sp³-hybridized carbons (Fsp3) is 0.611. The third kappa shape index (κ3) is 4.85. The maximum absolute atomic E-state index is 12.2. The second-order valence-electron chi connectivity index (χ2n) is 6.20. The van der Waals surface area contributed by atoms with E-state index < -0.39 is 0 Å². The van der Waals surface area contributed by atoms with Gasteiger partial charge in [-0.05, 0) is 50.2 Å². The number of quaternary nitrogens is 1. The smallest absolute Gasteiger partial charge is 0.279 e. The Morgan fingerprint density at radius 3 is 2.62 bits per heavy atom. The number of rotatable bonds is 5. The van der Waals surface area contributed by atoms with Crippen molar-refractivity contribution < 1.29 is 10.1 Å². The molecule has 3 N–H and O–H groups in total. The quantitative estimate of drug-likeness (QED) is 0.804.